The number of aromatic hydroxyl groups is 1. The molecule has 10 fully saturated rings. The summed E-state index contributed by atoms with van der Waals surface area (Å²) >= 11 is 12.5. The number of methoxy groups -OCH3 is 4. The third kappa shape index (κ3) is 13.4. The number of fused-ring (bicyclic) bond motifs is 4. The number of hydrogen-bond donors (Lipinski definition) is 6. The van der Waals surface area contributed by atoms with Crippen molar-refractivity contribution < 1.29 is 154 Å². The topological polar surface area (TPSA) is 385 Å². The molecule has 0 aliphatic carbocycles. The lowest BCUT2D eigenvalue weighted by atomic mass is 9.81. The molecule has 34 heteroatoms. The molecular formula is C61H88Cl2O32. The van der Waals surface area contributed by atoms with E-state index in [1.807, 2.05) is 0 Å². The first-order chi connectivity index (χ1) is 44.9. The monoisotopic (exact) mass is 1400 g/mol. The van der Waals surface area contributed by atoms with Gasteiger partial charge in [-0.1, -0.05) is 37.0 Å². The molecule has 6 unspecified atom stereocenters. The Morgan fingerprint density at radius 1 is 0.653 bits per heavy atom. The Labute approximate surface area is 557 Å². The van der Waals surface area contributed by atoms with Gasteiger partial charge in [0.15, 0.2) is 66.4 Å². The zero-order valence-corrected chi connectivity index (χ0v) is 56.5. The highest BCUT2D eigenvalue weighted by molar-refractivity contribution is 6.39. The maximum atomic E-state index is 13.6. The molecule has 538 valence electrons. The van der Waals surface area contributed by atoms with Crippen molar-refractivity contribution in [1.29, 1.82) is 0 Å². The molecule has 32 nitrogen and oxygen atoms in total. The second-order valence-corrected chi connectivity index (χ2v) is 27.0. The molecule has 31 atom stereocenters. The van der Waals surface area contributed by atoms with Gasteiger partial charge in [0.2, 0.25) is 6.29 Å². The minimum Gasteiger partial charge on any atom is -0.505 e. The van der Waals surface area contributed by atoms with Crippen LogP contribution in [0.5, 0.6) is 11.5 Å². The van der Waals surface area contributed by atoms with Crippen molar-refractivity contribution >= 4 is 40.9 Å². The van der Waals surface area contributed by atoms with Crippen molar-refractivity contribution in [3.05, 3.63) is 21.2 Å². The van der Waals surface area contributed by atoms with Gasteiger partial charge in [-0.25, -0.2) is 4.79 Å². The minimum atomic E-state index is -2.13. The smallest absolute Gasteiger partial charge is 0.342 e. The van der Waals surface area contributed by atoms with Gasteiger partial charge in [0.25, 0.3) is 5.97 Å². The van der Waals surface area contributed by atoms with E-state index in [0.29, 0.717) is 0 Å². The number of Topliss-reactive ketones (excluding diaryl/α,β-unsaturated/α-hetero) is 1. The van der Waals surface area contributed by atoms with E-state index in [1.165, 1.54) is 49.2 Å². The fraction of sp³-hybridized carbons (Fsp3) is 0.852. The molecule has 10 saturated heterocycles. The van der Waals surface area contributed by atoms with Gasteiger partial charge in [-0.05, 0) is 61.0 Å². The Morgan fingerprint density at radius 2 is 1.34 bits per heavy atom. The SMILES string of the molecule is COC[C@H]1O[C@@H](OC2OC[C@@H]3OC4(O[C@H]3[C@H]2OC(=O)C(C)C)O[C@H](C)[C@@](O)(C(C)=O)[C@@H]2OCO[C@H]24)[C@@H](OC)[C@@H](O)[C@@H]1O[C@@H]1O[C@H](C)[C@H](OC)C(OC2C[C@@]3(C)OC4(C[C@H](O)[C@H](OC5C[C@@H](O)[C@H](OC(=O)c6c(C)c(Cl)c(O)c(Cl)c6OC)[C@@H](C)O5)[C@@H](C)O4)O[C@@H]3[C@@H](C)O2)[C@H]1O. The van der Waals surface area contributed by atoms with Gasteiger partial charge < -0.3 is 140 Å². The molecule has 10 aliphatic heterocycles. The van der Waals surface area contributed by atoms with E-state index < -0.39 is 218 Å². The summed E-state index contributed by atoms with van der Waals surface area (Å²) in [6.07, 6.45) is -32.8. The quantitative estimate of drug-likeness (QED) is 0.112. The molecule has 2 spiro atoms. The molecule has 95 heavy (non-hydrogen) atoms. The Hall–Kier alpha value is -2.99. The Morgan fingerprint density at radius 3 is 1.99 bits per heavy atom. The summed E-state index contributed by atoms with van der Waals surface area (Å²) in [7, 11) is 5.35. The summed E-state index contributed by atoms with van der Waals surface area (Å²) in [5, 5.41) is 69.1. The number of aliphatic hydroxyl groups excluding tert-OH is 4. The fourth-order valence-electron chi connectivity index (χ4n) is 14.6. The lowest BCUT2D eigenvalue weighted by Crippen LogP contribution is -2.72. The Kier molecular flexibility index (Phi) is 21.9. The van der Waals surface area contributed by atoms with Gasteiger partial charge >= 0.3 is 17.9 Å². The number of phenolic OH excluding ortho intramolecular Hbond substituents is 1. The molecule has 0 saturated carbocycles. The lowest BCUT2D eigenvalue weighted by molar-refractivity contribution is -0.428. The summed E-state index contributed by atoms with van der Waals surface area (Å²) in [5.41, 5.74) is -3.34. The van der Waals surface area contributed by atoms with Gasteiger partial charge in [0.05, 0.1) is 80.4 Å². The molecule has 1 aromatic rings. The summed E-state index contributed by atoms with van der Waals surface area (Å²) in [6, 6.07) is 0. The molecule has 0 amide bonds. The number of carbonyl (C=O) groups excluding carboxylic acids is 3. The van der Waals surface area contributed by atoms with Crippen molar-refractivity contribution in [1.82, 2.24) is 0 Å². The maximum Gasteiger partial charge on any atom is 0.342 e. The van der Waals surface area contributed by atoms with Crippen LogP contribution in [-0.2, 0) is 114 Å². The minimum absolute atomic E-state index is 0.00299. The first-order valence-corrected chi connectivity index (χ1v) is 32.5. The van der Waals surface area contributed by atoms with Crippen molar-refractivity contribution in [2.24, 2.45) is 5.92 Å². The molecule has 0 aromatic heterocycles. The van der Waals surface area contributed by atoms with Crippen LogP contribution < -0.4 is 4.74 Å². The fourth-order valence-corrected chi connectivity index (χ4v) is 15.1. The van der Waals surface area contributed by atoms with Crippen LogP contribution in [-0.4, -0.2) is 286 Å². The second kappa shape index (κ2) is 28.4. The van der Waals surface area contributed by atoms with Crippen molar-refractivity contribution in [3.8, 4) is 11.5 Å². The van der Waals surface area contributed by atoms with Gasteiger partial charge in [-0.15, -0.1) is 0 Å². The zero-order chi connectivity index (χ0) is 68.9. The number of phenols is 1. The zero-order valence-electron chi connectivity index (χ0n) is 55.0. The number of aliphatic hydroxyl groups is 5. The molecule has 6 N–H and O–H groups in total. The average molecular weight is 1400 g/mol. The highest BCUT2D eigenvalue weighted by Gasteiger charge is 2.73. The summed E-state index contributed by atoms with van der Waals surface area (Å²) in [4.78, 5) is 39.8. The molecule has 1 aromatic carbocycles. The van der Waals surface area contributed by atoms with Crippen LogP contribution in [0.1, 0.15) is 97.5 Å². The van der Waals surface area contributed by atoms with Crippen LogP contribution in [0.15, 0.2) is 0 Å². The van der Waals surface area contributed by atoms with Crippen LogP contribution in [0.3, 0.4) is 0 Å². The number of carbonyl (C=O) groups is 3. The number of ether oxygens (including phenoxy) is 23. The average Bonchev–Trinajstić information content (AvgIpc) is 1.59. The summed E-state index contributed by atoms with van der Waals surface area (Å²) < 4.78 is 142. The van der Waals surface area contributed by atoms with E-state index >= 15 is 0 Å². The number of esters is 2. The van der Waals surface area contributed by atoms with Crippen molar-refractivity contribution in [3.63, 3.8) is 0 Å². The number of hydrogen-bond acceptors (Lipinski definition) is 32. The van der Waals surface area contributed by atoms with Crippen LogP contribution in [0, 0.1) is 12.8 Å². The molecule has 0 bridgehead atoms. The van der Waals surface area contributed by atoms with Crippen molar-refractivity contribution in [2.75, 3.05) is 48.4 Å². The van der Waals surface area contributed by atoms with Crippen LogP contribution in [0.25, 0.3) is 0 Å². The molecule has 0 radical (unpaired) electrons. The number of ketones is 1. The Bertz CT molecular complexity index is 2890. The molecule has 11 rings (SSSR count). The highest BCUT2D eigenvalue weighted by atomic mass is 35.5. The summed E-state index contributed by atoms with van der Waals surface area (Å²) in [5.74, 6) is -7.41. The largest absolute Gasteiger partial charge is 0.505 e. The van der Waals surface area contributed by atoms with E-state index in [9.17, 15) is 45.0 Å². The van der Waals surface area contributed by atoms with Gasteiger partial charge in [0, 0.05) is 34.2 Å². The van der Waals surface area contributed by atoms with Gasteiger partial charge in [-0.2, -0.15) is 0 Å². The molecular weight excluding hydrogens is 1320 g/mol. The second-order valence-electron chi connectivity index (χ2n) is 26.2. The van der Waals surface area contributed by atoms with Crippen LogP contribution >= 0.6 is 23.2 Å². The van der Waals surface area contributed by atoms with E-state index in [1.54, 1.807) is 48.5 Å². The third-order valence-electron chi connectivity index (χ3n) is 19.4. The highest BCUT2D eigenvalue weighted by Crippen LogP contribution is 2.53. The number of benzene rings is 1. The van der Waals surface area contributed by atoms with Crippen molar-refractivity contribution in [2.45, 2.75) is 277 Å². The molecule has 10 aliphatic rings. The lowest BCUT2D eigenvalue weighted by Gasteiger charge is -2.49. The van der Waals surface area contributed by atoms with E-state index in [-0.39, 0.29) is 66.2 Å². The van der Waals surface area contributed by atoms with Crippen LogP contribution in [0.4, 0.5) is 0 Å². The first kappa shape index (κ1) is 73.2. The number of rotatable bonds is 18. The predicted molar refractivity (Wildman–Crippen MR) is 313 cm³/mol. The third-order valence-corrected chi connectivity index (χ3v) is 20.2. The maximum absolute atomic E-state index is 13.6. The predicted octanol–water partition coefficient (Wildman–Crippen LogP) is 1.05. The Balaban J connectivity index is 0.722. The molecule has 10 heterocycles. The number of halogens is 2. The van der Waals surface area contributed by atoms with Gasteiger partial charge in [-0.3, -0.25) is 9.59 Å². The standard InChI is InChI=1S/C61H88Cl2O32/c1-21(2)53(70)87-49-45-32(92-61(93-45)52-51(78-20-79-52)60(72,27(8)64)28(9)91-61)19-77-56(49)89-57-48(76-14)39(68)44(31(83-57)18-73-11)88-55-40(69)47(43(74-12)24(5)82-55)85-34-17-58(10)50(26(7)81-34)94-59(95-58)16-30(66)42(25(6)90-59)84-33-15-29(65)41(23(4)80-33)86-54(71)35-22(3)36(62)38(67)37(63)46(35)75-13/h21,23-26,28-34,39-45,47-52,55-57,65-69,72H,15-20H2,1-14H3/t23-,24-,25-,26-,28-,29-,30+,31-,32+,33?,34?,39+,40-,41-,42-,43+,44-,45-,47?,48+,49-,50-,51-,52-,55+,56?,57+,58-,59?,60+,61?/m1/s1. The van der Waals surface area contributed by atoms with E-state index in [4.69, 9.17) is 132 Å². The first-order valence-electron chi connectivity index (χ1n) is 31.7. The van der Waals surface area contributed by atoms with E-state index in [2.05, 4.69) is 0 Å². The summed E-state index contributed by atoms with van der Waals surface area (Å²) in [6.45, 7) is 15.0. The normalized spacial score (nSPS) is 47.3. The van der Waals surface area contributed by atoms with Crippen LogP contribution in [0.2, 0.25) is 10.0 Å². The van der Waals surface area contributed by atoms with E-state index in [0.717, 1.165) is 0 Å². The van der Waals surface area contributed by atoms with Gasteiger partial charge in [0.1, 0.15) is 96.2 Å².